The van der Waals surface area contributed by atoms with Crippen molar-refractivity contribution in [2.45, 2.75) is 71.0 Å². The van der Waals surface area contributed by atoms with Crippen molar-refractivity contribution in [1.82, 2.24) is 10.2 Å². The Kier molecular flexibility index (Phi) is 8.36. The molecule has 3 aromatic rings. The molecule has 0 heterocycles. The third-order valence-electron chi connectivity index (χ3n) is 6.88. The highest BCUT2D eigenvalue weighted by Crippen LogP contribution is 2.21. The zero-order valence-corrected chi connectivity index (χ0v) is 20.9. The first kappa shape index (κ1) is 24.7. The minimum Gasteiger partial charge on any atom is -0.352 e. The largest absolute Gasteiger partial charge is 0.352 e. The summed E-state index contributed by atoms with van der Waals surface area (Å²) in [6.07, 6.45) is 5.08. The maximum Gasteiger partial charge on any atom is 0.243 e. The van der Waals surface area contributed by atoms with Crippen LogP contribution in [0.25, 0.3) is 0 Å². The van der Waals surface area contributed by atoms with Crippen LogP contribution in [0, 0.1) is 13.8 Å². The van der Waals surface area contributed by atoms with Crippen molar-refractivity contribution >= 4 is 11.8 Å². The van der Waals surface area contributed by atoms with Crippen LogP contribution in [0.3, 0.4) is 0 Å². The molecule has 0 unspecified atom stereocenters. The SMILES string of the molecule is Cc1ccc(CC(=O)N(Cc2cccc(C)c2)[C@H](Cc2ccccc2)C(=O)NC2CCCC2)cc1. The second-order valence-corrected chi connectivity index (χ2v) is 9.87. The molecule has 0 bridgehead atoms. The molecule has 1 aliphatic carbocycles. The van der Waals surface area contributed by atoms with Gasteiger partial charge in [-0.2, -0.15) is 0 Å². The van der Waals surface area contributed by atoms with Gasteiger partial charge in [-0.05, 0) is 43.4 Å². The molecular weight excluding hydrogens is 432 g/mol. The summed E-state index contributed by atoms with van der Waals surface area (Å²) in [5.74, 6) is -0.0801. The van der Waals surface area contributed by atoms with Gasteiger partial charge in [0.25, 0.3) is 0 Å². The van der Waals surface area contributed by atoms with E-state index in [2.05, 4.69) is 24.4 Å². The molecule has 182 valence electrons. The van der Waals surface area contributed by atoms with Gasteiger partial charge in [-0.1, -0.05) is 103 Å². The Morgan fingerprint density at radius 3 is 2.20 bits per heavy atom. The number of carbonyl (C=O) groups is 2. The Bertz CT molecular complexity index is 1120. The zero-order chi connectivity index (χ0) is 24.6. The van der Waals surface area contributed by atoms with Gasteiger partial charge in [0, 0.05) is 19.0 Å². The van der Waals surface area contributed by atoms with Gasteiger partial charge in [0.1, 0.15) is 6.04 Å². The maximum absolute atomic E-state index is 13.8. The molecular formula is C31H36N2O2. The van der Waals surface area contributed by atoms with E-state index < -0.39 is 6.04 Å². The topological polar surface area (TPSA) is 49.4 Å². The fourth-order valence-corrected chi connectivity index (χ4v) is 4.91. The van der Waals surface area contributed by atoms with E-state index >= 15 is 0 Å². The Labute approximate surface area is 209 Å². The van der Waals surface area contributed by atoms with Crippen molar-refractivity contribution in [3.05, 3.63) is 107 Å². The molecule has 3 aromatic carbocycles. The molecule has 4 nitrogen and oxygen atoms in total. The monoisotopic (exact) mass is 468 g/mol. The van der Waals surface area contributed by atoms with Crippen molar-refractivity contribution < 1.29 is 9.59 Å². The Hall–Kier alpha value is -3.40. The van der Waals surface area contributed by atoms with Crippen LogP contribution in [-0.4, -0.2) is 28.8 Å². The number of nitrogens with zero attached hydrogens (tertiary/aromatic N) is 1. The number of hydrogen-bond acceptors (Lipinski definition) is 2. The molecule has 1 aliphatic rings. The van der Waals surface area contributed by atoms with E-state index in [0.717, 1.165) is 53.5 Å². The van der Waals surface area contributed by atoms with Crippen molar-refractivity contribution in [3.63, 3.8) is 0 Å². The lowest BCUT2D eigenvalue weighted by molar-refractivity contribution is -0.141. The number of hydrogen-bond donors (Lipinski definition) is 1. The Balaban J connectivity index is 1.65. The third kappa shape index (κ3) is 7.05. The smallest absolute Gasteiger partial charge is 0.243 e. The highest BCUT2D eigenvalue weighted by atomic mass is 16.2. The summed E-state index contributed by atoms with van der Waals surface area (Å²) >= 11 is 0. The first-order chi connectivity index (χ1) is 17.0. The minimum absolute atomic E-state index is 0.0298. The molecule has 0 radical (unpaired) electrons. The first-order valence-corrected chi connectivity index (χ1v) is 12.7. The van der Waals surface area contributed by atoms with E-state index in [1.165, 1.54) is 0 Å². The quantitative estimate of drug-likeness (QED) is 0.448. The lowest BCUT2D eigenvalue weighted by Crippen LogP contribution is -2.52. The van der Waals surface area contributed by atoms with Crippen molar-refractivity contribution in [1.29, 1.82) is 0 Å². The summed E-state index contributed by atoms with van der Waals surface area (Å²) in [5.41, 5.74) is 5.36. The number of rotatable bonds is 9. The number of benzene rings is 3. The minimum atomic E-state index is -0.573. The van der Waals surface area contributed by atoms with Gasteiger partial charge in [-0.25, -0.2) is 0 Å². The highest BCUT2D eigenvalue weighted by Gasteiger charge is 2.32. The summed E-state index contributed by atoms with van der Waals surface area (Å²) in [4.78, 5) is 29.3. The molecule has 4 rings (SSSR count). The van der Waals surface area contributed by atoms with Gasteiger partial charge >= 0.3 is 0 Å². The third-order valence-corrected chi connectivity index (χ3v) is 6.88. The van der Waals surface area contributed by atoms with Crippen LogP contribution in [0.4, 0.5) is 0 Å². The van der Waals surface area contributed by atoms with Gasteiger partial charge in [-0.15, -0.1) is 0 Å². The van der Waals surface area contributed by atoms with E-state index in [0.29, 0.717) is 13.0 Å². The number of amides is 2. The molecule has 0 spiro atoms. The van der Waals surface area contributed by atoms with E-state index in [4.69, 9.17) is 0 Å². The Morgan fingerprint density at radius 1 is 0.829 bits per heavy atom. The normalized spacial score (nSPS) is 14.5. The molecule has 0 aromatic heterocycles. The lowest BCUT2D eigenvalue weighted by atomic mass is 10.0. The number of aryl methyl sites for hydroxylation is 2. The van der Waals surface area contributed by atoms with Crippen molar-refractivity contribution in [2.24, 2.45) is 0 Å². The molecule has 1 N–H and O–H groups in total. The van der Waals surface area contributed by atoms with E-state index in [-0.39, 0.29) is 24.3 Å². The summed E-state index contributed by atoms with van der Waals surface area (Å²) in [6, 6.07) is 25.9. The fourth-order valence-electron chi connectivity index (χ4n) is 4.91. The molecule has 1 saturated carbocycles. The van der Waals surface area contributed by atoms with Crippen LogP contribution in [0.2, 0.25) is 0 Å². The standard InChI is InChI=1S/C31H36N2O2/c1-23-15-17-26(18-16-23)21-30(34)33(22-27-12-8-9-24(2)19-27)29(20-25-10-4-3-5-11-25)31(35)32-28-13-6-7-14-28/h3-5,8-12,15-19,28-29H,6-7,13-14,20-22H2,1-2H3,(H,32,35)/t29-/m1/s1. The molecule has 1 atom stereocenters. The van der Waals surface area contributed by atoms with Crippen molar-refractivity contribution in [2.75, 3.05) is 0 Å². The van der Waals surface area contributed by atoms with Crippen LogP contribution in [0.1, 0.15) is 53.5 Å². The highest BCUT2D eigenvalue weighted by molar-refractivity contribution is 5.89. The average molecular weight is 469 g/mol. The van der Waals surface area contributed by atoms with Crippen molar-refractivity contribution in [3.8, 4) is 0 Å². The Morgan fingerprint density at radius 2 is 1.51 bits per heavy atom. The first-order valence-electron chi connectivity index (χ1n) is 12.7. The van der Waals surface area contributed by atoms with Crippen LogP contribution >= 0.6 is 0 Å². The molecule has 2 amide bonds. The molecule has 0 aliphatic heterocycles. The predicted octanol–water partition coefficient (Wildman–Crippen LogP) is 5.54. The summed E-state index contributed by atoms with van der Waals surface area (Å²) in [6.45, 7) is 4.50. The van der Waals surface area contributed by atoms with Gasteiger partial charge < -0.3 is 10.2 Å². The van der Waals surface area contributed by atoms with E-state index in [1.807, 2.05) is 73.7 Å². The zero-order valence-electron chi connectivity index (χ0n) is 20.9. The second-order valence-electron chi connectivity index (χ2n) is 9.87. The predicted molar refractivity (Wildman–Crippen MR) is 141 cm³/mol. The molecule has 35 heavy (non-hydrogen) atoms. The number of nitrogens with one attached hydrogen (secondary N) is 1. The van der Waals surface area contributed by atoms with Gasteiger partial charge in [-0.3, -0.25) is 9.59 Å². The van der Waals surface area contributed by atoms with Gasteiger partial charge in [0.2, 0.25) is 11.8 Å². The molecule has 1 fully saturated rings. The van der Waals surface area contributed by atoms with E-state index in [1.54, 1.807) is 4.90 Å². The second kappa shape index (κ2) is 11.8. The van der Waals surface area contributed by atoms with E-state index in [9.17, 15) is 9.59 Å². The van der Waals surface area contributed by atoms with Crippen LogP contribution < -0.4 is 5.32 Å². The summed E-state index contributed by atoms with van der Waals surface area (Å²) < 4.78 is 0. The van der Waals surface area contributed by atoms with Crippen LogP contribution in [0.5, 0.6) is 0 Å². The maximum atomic E-state index is 13.8. The fraction of sp³-hybridized carbons (Fsp3) is 0.355. The average Bonchev–Trinajstić information content (AvgIpc) is 3.36. The van der Waals surface area contributed by atoms with Crippen LogP contribution in [-0.2, 0) is 29.0 Å². The van der Waals surface area contributed by atoms with Gasteiger partial charge in [0.05, 0.1) is 6.42 Å². The molecule has 4 heteroatoms. The summed E-state index contributed by atoms with van der Waals surface area (Å²) in [5, 5.41) is 3.27. The molecule has 0 saturated heterocycles. The van der Waals surface area contributed by atoms with Gasteiger partial charge in [0.15, 0.2) is 0 Å². The lowest BCUT2D eigenvalue weighted by Gasteiger charge is -2.32. The number of carbonyl (C=O) groups excluding carboxylic acids is 2. The van der Waals surface area contributed by atoms with Crippen LogP contribution in [0.15, 0.2) is 78.9 Å². The summed E-state index contributed by atoms with van der Waals surface area (Å²) in [7, 11) is 0.